The molecule has 130 valence electrons. The molecule has 1 aromatic rings. The Morgan fingerprint density at radius 3 is 2.39 bits per heavy atom. The minimum absolute atomic E-state index is 0. The fraction of sp³-hybridized carbons (Fsp3) is 0.500. The van der Waals surface area contributed by atoms with E-state index in [0.29, 0.717) is 24.4 Å². The van der Waals surface area contributed by atoms with Gasteiger partial charge in [-0.05, 0) is 39.0 Å². The molecule has 0 heterocycles. The van der Waals surface area contributed by atoms with Crippen LogP contribution in [-0.2, 0) is 9.53 Å². The predicted octanol–water partition coefficient (Wildman–Crippen LogP) is 2.64. The van der Waals surface area contributed by atoms with E-state index in [4.69, 9.17) is 10.5 Å². The first-order valence-electron chi connectivity index (χ1n) is 7.52. The lowest BCUT2D eigenvalue weighted by molar-refractivity contribution is -0.119. The number of ether oxygens (including phenoxy) is 1. The van der Waals surface area contributed by atoms with Crippen molar-refractivity contribution in [2.45, 2.75) is 33.7 Å². The van der Waals surface area contributed by atoms with Crippen molar-refractivity contribution in [3.63, 3.8) is 0 Å². The number of nitrogens with two attached hydrogens (primary N) is 1. The highest BCUT2D eigenvalue weighted by molar-refractivity contribution is 5.99. The van der Waals surface area contributed by atoms with Gasteiger partial charge in [0.05, 0.1) is 29.5 Å². The smallest absolute Gasteiger partial charge is 0.338 e. The second-order valence-corrected chi connectivity index (χ2v) is 5.15. The number of hydrogen-bond acceptors (Lipinski definition) is 5. The Morgan fingerprint density at radius 2 is 1.87 bits per heavy atom. The van der Waals surface area contributed by atoms with Crippen molar-refractivity contribution < 1.29 is 14.3 Å². The molecule has 0 saturated carbocycles. The van der Waals surface area contributed by atoms with Gasteiger partial charge in [-0.3, -0.25) is 4.79 Å². The van der Waals surface area contributed by atoms with Crippen molar-refractivity contribution in [3.05, 3.63) is 23.8 Å². The van der Waals surface area contributed by atoms with Crippen LogP contribution in [0.4, 0.5) is 11.4 Å². The molecule has 23 heavy (non-hydrogen) atoms. The zero-order chi connectivity index (χ0) is 16.7. The van der Waals surface area contributed by atoms with Gasteiger partial charge in [-0.2, -0.15) is 0 Å². The minimum atomic E-state index is -0.415. The zero-order valence-corrected chi connectivity index (χ0v) is 14.8. The molecule has 2 unspecified atom stereocenters. The third-order valence-corrected chi connectivity index (χ3v) is 3.36. The highest BCUT2D eigenvalue weighted by Crippen LogP contribution is 2.24. The van der Waals surface area contributed by atoms with E-state index in [0.717, 1.165) is 5.69 Å². The standard InChI is InChI=1S/C16H25N3O3.ClH/c1-5-18-13-8-7-12(16(21)22-6-2)9-14(13)19-15(20)10(3)11(4)17;/h7-11,18H,5-6,17H2,1-4H3,(H,19,20);1H. The van der Waals surface area contributed by atoms with E-state index < -0.39 is 5.97 Å². The van der Waals surface area contributed by atoms with Gasteiger partial charge >= 0.3 is 5.97 Å². The Balaban J connectivity index is 0.00000484. The Labute approximate surface area is 143 Å². The van der Waals surface area contributed by atoms with Crippen molar-refractivity contribution in [2.75, 3.05) is 23.8 Å². The van der Waals surface area contributed by atoms with Crippen LogP contribution in [-0.4, -0.2) is 31.1 Å². The minimum Gasteiger partial charge on any atom is -0.462 e. The van der Waals surface area contributed by atoms with Gasteiger partial charge in [0.1, 0.15) is 0 Å². The van der Waals surface area contributed by atoms with E-state index >= 15 is 0 Å². The SMILES string of the molecule is CCNc1ccc(C(=O)OCC)cc1NC(=O)C(C)C(C)N.Cl. The van der Waals surface area contributed by atoms with Crippen LogP contribution in [0.1, 0.15) is 38.1 Å². The van der Waals surface area contributed by atoms with Gasteiger partial charge in [0, 0.05) is 12.6 Å². The molecule has 0 spiro atoms. The summed E-state index contributed by atoms with van der Waals surface area (Å²) >= 11 is 0. The van der Waals surface area contributed by atoms with E-state index in [1.165, 1.54) is 0 Å². The molecule has 6 nitrogen and oxygen atoms in total. The van der Waals surface area contributed by atoms with Gasteiger partial charge in [-0.15, -0.1) is 12.4 Å². The van der Waals surface area contributed by atoms with Crippen molar-refractivity contribution in [1.29, 1.82) is 0 Å². The first-order valence-corrected chi connectivity index (χ1v) is 7.52. The van der Waals surface area contributed by atoms with Crippen LogP contribution >= 0.6 is 12.4 Å². The maximum atomic E-state index is 12.2. The lowest BCUT2D eigenvalue weighted by Gasteiger charge is -2.18. The average Bonchev–Trinajstić information content (AvgIpc) is 2.48. The number of nitrogens with one attached hydrogen (secondary N) is 2. The van der Waals surface area contributed by atoms with Crippen LogP contribution < -0.4 is 16.4 Å². The zero-order valence-electron chi connectivity index (χ0n) is 14.0. The molecule has 0 saturated heterocycles. The number of carbonyl (C=O) groups excluding carboxylic acids is 2. The maximum absolute atomic E-state index is 12.2. The van der Waals surface area contributed by atoms with E-state index in [2.05, 4.69) is 10.6 Å². The molecule has 0 radical (unpaired) electrons. The van der Waals surface area contributed by atoms with Gasteiger partial charge in [0.25, 0.3) is 0 Å². The van der Waals surface area contributed by atoms with E-state index in [-0.39, 0.29) is 30.3 Å². The summed E-state index contributed by atoms with van der Waals surface area (Å²) in [7, 11) is 0. The Morgan fingerprint density at radius 1 is 1.22 bits per heavy atom. The van der Waals surface area contributed by atoms with E-state index in [1.807, 2.05) is 6.92 Å². The van der Waals surface area contributed by atoms with Gasteiger partial charge < -0.3 is 21.1 Å². The highest BCUT2D eigenvalue weighted by Gasteiger charge is 2.19. The van der Waals surface area contributed by atoms with Crippen molar-refractivity contribution in [1.82, 2.24) is 0 Å². The first-order chi connectivity index (χ1) is 10.4. The molecule has 0 aliphatic carbocycles. The molecule has 0 aliphatic rings. The van der Waals surface area contributed by atoms with Crippen LogP contribution in [0.15, 0.2) is 18.2 Å². The van der Waals surface area contributed by atoms with Gasteiger partial charge in [0.15, 0.2) is 0 Å². The monoisotopic (exact) mass is 343 g/mol. The molecular weight excluding hydrogens is 318 g/mol. The molecule has 1 aromatic carbocycles. The molecule has 4 N–H and O–H groups in total. The number of benzene rings is 1. The number of anilines is 2. The van der Waals surface area contributed by atoms with Crippen LogP contribution in [0.2, 0.25) is 0 Å². The predicted molar refractivity (Wildman–Crippen MR) is 95.3 cm³/mol. The fourth-order valence-corrected chi connectivity index (χ4v) is 1.82. The molecule has 7 heteroatoms. The second kappa shape index (κ2) is 10.1. The fourth-order valence-electron chi connectivity index (χ4n) is 1.82. The quantitative estimate of drug-likeness (QED) is 0.662. The number of esters is 1. The van der Waals surface area contributed by atoms with Gasteiger partial charge in [0.2, 0.25) is 5.91 Å². The molecule has 1 amide bonds. The van der Waals surface area contributed by atoms with Crippen molar-refractivity contribution >= 4 is 35.7 Å². The number of carbonyl (C=O) groups is 2. The molecule has 0 aromatic heterocycles. The summed E-state index contributed by atoms with van der Waals surface area (Å²) in [5, 5.41) is 5.97. The lowest BCUT2D eigenvalue weighted by Crippen LogP contribution is -2.34. The lowest BCUT2D eigenvalue weighted by atomic mass is 10.0. The summed E-state index contributed by atoms with van der Waals surface area (Å²) in [6.07, 6.45) is 0. The van der Waals surface area contributed by atoms with Crippen molar-refractivity contribution in [3.8, 4) is 0 Å². The molecule has 1 rings (SSSR count). The summed E-state index contributed by atoms with van der Waals surface area (Å²) in [6.45, 7) is 8.25. The summed E-state index contributed by atoms with van der Waals surface area (Å²) in [5.74, 6) is -0.933. The molecule has 0 fully saturated rings. The normalized spacial score (nSPS) is 12.6. The second-order valence-electron chi connectivity index (χ2n) is 5.15. The largest absolute Gasteiger partial charge is 0.462 e. The summed E-state index contributed by atoms with van der Waals surface area (Å²) in [5.41, 5.74) is 7.45. The number of amides is 1. The molecular formula is C16H26ClN3O3. The van der Waals surface area contributed by atoms with E-state index in [1.54, 1.807) is 39.0 Å². The van der Waals surface area contributed by atoms with Crippen LogP contribution in [0.3, 0.4) is 0 Å². The van der Waals surface area contributed by atoms with Gasteiger partial charge in [-0.1, -0.05) is 6.92 Å². The summed E-state index contributed by atoms with van der Waals surface area (Å²) in [6, 6.07) is 4.78. The van der Waals surface area contributed by atoms with Crippen LogP contribution in [0, 0.1) is 5.92 Å². The maximum Gasteiger partial charge on any atom is 0.338 e. The first kappa shape index (κ1) is 21.2. The Hall–Kier alpha value is -1.79. The Kier molecular flexibility index (Phi) is 9.29. The average molecular weight is 344 g/mol. The number of rotatable bonds is 7. The highest BCUT2D eigenvalue weighted by atomic mass is 35.5. The Bertz CT molecular complexity index is 535. The summed E-state index contributed by atoms with van der Waals surface area (Å²) in [4.78, 5) is 24.0. The number of hydrogen-bond donors (Lipinski definition) is 3. The third kappa shape index (κ3) is 6.08. The third-order valence-electron chi connectivity index (χ3n) is 3.36. The molecule has 0 aliphatic heterocycles. The van der Waals surface area contributed by atoms with Crippen LogP contribution in [0.5, 0.6) is 0 Å². The number of halogens is 1. The van der Waals surface area contributed by atoms with E-state index in [9.17, 15) is 9.59 Å². The molecule has 2 atom stereocenters. The molecule has 0 bridgehead atoms. The van der Waals surface area contributed by atoms with Gasteiger partial charge in [-0.25, -0.2) is 4.79 Å². The van der Waals surface area contributed by atoms with Crippen LogP contribution in [0.25, 0.3) is 0 Å². The van der Waals surface area contributed by atoms with Crippen molar-refractivity contribution in [2.24, 2.45) is 11.7 Å². The summed E-state index contributed by atoms with van der Waals surface area (Å²) < 4.78 is 4.98. The topological polar surface area (TPSA) is 93.5 Å².